The van der Waals surface area contributed by atoms with Gasteiger partial charge < -0.3 is 19.7 Å². The lowest BCUT2D eigenvalue weighted by molar-refractivity contribution is -0.194. The Balaban J connectivity index is 1.97. The highest BCUT2D eigenvalue weighted by molar-refractivity contribution is 4.95. The molecule has 2 fully saturated rings. The normalized spacial score (nSPS) is 30.3. The first kappa shape index (κ1) is 16.0. The van der Waals surface area contributed by atoms with Gasteiger partial charge in [0.1, 0.15) is 0 Å². The average molecular weight is 296 g/mol. The molecule has 1 aliphatic heterocycles. The molecule has 1 spiro atoms. The van der Waals surface area contributed by atoms with Crippen LogP contribution in [0.4, 0.5) is 13.2 Å². The molecule has 2 aliphatic rings. The van der Waals surface area contributed by atoms with Crippen molar-refractivity contribution in [3.63, 3.8) is 0 Å². The first-order valence-corrected chi connectivity index (χ1v) is 7.07. The van der Waals surface area contributed by atoms with Gasteiger partial charge in [0.25, 0.3) is 0 Å². The van der Waals surface area contributed by atoms with Crippen molar-refractivity contribution in [3.05, 3.63) is 0 Å². The van der Waals surface area contributed by atoms with Crippen molar-refractivity contribution in [2.24, 2.45) is 0 Å². The molecule has 4 nitrogen and oxygen atoms in total. The minimum Gasteiger partial charge on any atom is -0.347 e. The van der Waals surface area contributed by atoms with Gasteiger partial charge in [-0.05, 0) is 20.5 Å². The van der Waals surface area contributed by atoms with Crippen molar-refractivity contribution in [1.29, 1.82) is 0 Å². The maximum Gasteiger partial charge on any atom is 0.390 e. The molecule has 0 aromatic rings. The Hall–Kier alpha value is -0.370. The van der Waals surface area contributed by atoms with Crippen molar-refractivity contribution in [2.75, 3.05) is 33.9 Å². The minimum atomic E-state index is -4.11. The van der Waals surface area contributed by atoms with E-state index in [0.29, 0.717) is 19.6 Å². The summed E-state index contributed by atoms with van der Waals surface area (Å²) >= 11 is 0. The number of likely N-dealkylation sites (N-methyl/N-ethyl adjacent to an activating group) is 2. The smallest absolute Gasteiger partial charge is 0.347 e. The highest BCUT2D eigenvalue weighted by Crippen LogP contribution is 2.37. The molecule has 118 valence electrons. The Bertz CT molecular complexity index is 319. The number of hydrogen-bond donors (Lipinski definition) is 1. The fourth-order valence-corrected chi connectivity index (χ4v) is 3.16. The summed E-state index contributed by atoms with van der Waals surface area (Å²) < 4.78 is 48.5. The molecule has 2 rings (SSSR count). The van der Waals surface area contributed by atoms with Crippen LogP contribution in [0.15, 0.2) is 0 Å². The number of rotatable bonds is 4. The van der Waals surface area contributed by atoms with Crippen LogP contribution >= 0.6 is 0 Å². The fraction of sp³-hybridized carbons (Fsp3) is 1.00. The number of hydrogen-bond acceptors (Lipinski definition) is 4. The van der Waals surface area contributed by atoms with Crippen molar-refractivity contribution in [1.82, 2.24) is 10.2 Å². The van der Waals surface area contributed by atoms with Crippen LogP contribution in [0.1, 0.15) is 25.7 Å². The summed E-state index contributed by atoms with van der Waals surface area (Å²) in [7, 11) is 3.60. The second kappa shape index (κ2) is 6.17. The van der Waals surface area contributed by atoms with Crippen molar-refractivity contribution < 1.29 is 22.6 Å². The standard InChI is InChI=1S/C13H23F3N2O2/c1-17-10-3-4-12(19-7-8-20-12)9-11(10)18(2)6-5-13(14,15)16/h10-11,17H,3-9H2,1-2H3. The zero-order chi connectivity index (χ0) is 14.8. The maximum absolute atomic E-state index is 12.4. The van der Waals surface area contributed by atoms with Gasteiger partial charge in [0, 0.05) is 31.5 Å². The highest BCUT2D eigenvalue weighted by atomic mass is 19.4. The van der Waals surface area contributed by atoms with Crippen LogP contribution in [0.3, 0.4) is 0 Å². The summed E-state index contributed by atoms with van der Waals surface area (Å²) in [6.45, 7) is 1.15. The number of alkyl halides is 3. The van der Waals surface area contributed by atoms with Crippen LogP contribution in [0.5, 0.6) is 0 Å². The van der Waals surface area contributed by atoms with Gasteiger partial charge in [0.05, 0.1) is 19.6 Å². The number of nitrogens with one attached hydrogen (secondary N) is 1. The molecule has 1 saturated carbocycles. The van der Waals surface area contributed by atoms with E-state index in [-0.39, 0.29) is 18.6 Å². The third kappa shape index (κ3) is 3.84. The average Bonchev–Trinajstić information content (AvgIpc) is 2.83. The molecule has 2 atom stereocenters. The van der Waals surface area contributed by atoms with Gasteiger partial charge in [0.2, 0.25) is 0 Å². The van der Waals surface area contributed by atoms with E-state index in [9.17, 15) is 13.2 Å². The van der Waals surface area contributed by atoms with Crippen LogP contribution < -0.4 is 5.32 Å². The molecule has 0 bridgehead atoms. The van der Waals surface area contributed by atoms with Gasteiger partial charge in [-0.3, -0.25) is 0 Å². The molecule has 1 N–H and O–H groups in total. The highest BCUT2D eigenvalue weighted by Gasteiger charge is 2.46. The van der Waals surface area contributed by atoms with Crippen LogP contribution in [0, 0.1) is 0 Å². The van der Waals surface area contributed by atoms with Gasteiger partial charge in [-0.15, -0.1) is 0 Å². The van der Waals surface area contributed by atoms with Crippen molar-refractivity contribution in [3.8, 4) is 0 Å². The summed E-state index contributed by atoms with van der Waals surface area (Å²) in [4.78, 5) is 1.78. The predicted molar refractivity (Wildman–Crippen MR) is 68.4 cm³/mol. The Morgan fingerprint density at radius 3 is 2.50 bits per heavy atom. The molecule has 7 heteroatoms. The van der Waals surface area contributed by atoms with E-state index in [1.165, 1.54) is 0 Å². The van der Waals surface area contributed by atoms with Crippen LogP contribution in [-0.2, 0) is 9.47 Å². The lowest BCUT2D eigenvalue weighted by Crippen LogP contribution is -2.56. The Labute approximate surface area is 117 Å². The van der Waals surface area contributed by atoms with Gasteiger partial charge in [-0.2, -0.15) is 13.2 Å². The second-order valence-electron chi connectivity index (χ2n) is 5.66. The quantitative estimate of drug-likeness (QED) is 0.857. The molecular weight excluding hydrogens is 273 g/mol. The van der Waals surface area contributed by atoms with Crippen LogP contribution in [0.25, 0.3) is 0 Å². The second-order valence-corrected chi connectivity index (χ2v) is 5.66. The predicted octanol–water partition coefficient (Wildman–Crippen LogP) is 1.75. The lowest BCUT2D eigenvalue weighted by Gasteiger charge is -2.44. The molecule has 1 heterocycles. The van der Waals surface area contributed by atoms with Crippen LogP contribution in [-0.4, -0.2) is 62.8 Å². The molecule has 1 aliphatic carbocycles. The zero-order valence-electron chi connectivity index (χ0n) is 12.0. The first-order valence-electron chi connectivity index (χ1n) is 7.07. The molecule has 1 saturated heterocycles. The monoisotopic (exact) mass is 296 g/mol. The van der Waals surface area contributed by atoms with E-state index >= 15 is 0 Å². The summed E-state index contributed by atoms with van der Waals surface area (Å²) in [6, 6.07) is 0.167. The molecule has 0 amide bonds. The molecule has 2 unspecified atom stereocenters. The van der Waals surface area contributed by atoms with Gasteiger partial charge >= 0.3 is 6.18 Å². The lowest BCUT2D eigenvalue weighted by atomic mass is 9.84. The summed E-state index contributed by atoms with van der Waals surface area (Å²) in [5.41, 5.74) is 0. The number of halogens is 3. The molecular formula is C13H23F3N2O2. The Morgan fingerprint density at radius 1 is 1.30 bits per heavy atom. The van der Waals surface area contributed by atoms with Crippen molar-refractivity contribution >= 4 is 0 Å². The van der Waals surface area contributed by atoms with Crippen molar-refractivity contribution in [2.45, 2.75) is 49.7 Å². The van der Waals surface area contributed by atoms with Crippen LogP contribution in [0.2, 0.25) is 0 Å². The zero-order valence-corrected chi connectivity index (χ0v) is 12.0. The third-order valence-corrected chi connectivity index (χ3v) is 4.32. The maximum atomic E-state index is 12.4. The largest absolute Gasteiger partial charge is 0.390 e. The third-order valence-electron chi connectivity index (χ3n) is 4.32. The van der Waals surface area contributed by atoms with E-state index in [1.807, 2.05) is 7.05 Å². The van der Waals surface area contributed by atoms with E-state index in [0.717, 1.165) is 12.8 Å². The number of nitrogens with zero attached hydrogens (tertiary/aromatic N) is 1. The summed E-state index contributed by atoms with van der Waals surface area (Å²) in [6.07, 6.45) is -2.65. The SMILES string of the molecule is CNC1CCC2(CC1N(C)CCC(F)(F)F)OCCO2. The fourth-order valence-electron chi connectivity index (χ4n) is 3.16. The van der Waals surface area contributed by atoms with E-state index in [1.54, 1.807) is 11.9 Å². The van der Waals surface area contributed by atoms with Gasteiger partial charge in [-0.25, -0.2) is 0 Å². The topological polar surface area (TPSA) is 33.7 Å². The molecule has 20 heavy (non-hydrogen) atoms. The molecule has 0 aromatic carbocycles. The van der Waals surface area contributed by atoms with Gasteiger partial charge in [-0.1, -0.05) is 0 Å². The molecule has 0 aromatic heterocycles. The molecule has 0 radical (unpaired) electrons. The van der Waals surface area contributed by atoms with E-state index in [4.69, 9.17) is 9.47 Å². The summed E-state index contributed by atoms with van der Waals surface area (Å²) in [5, 5.41) is 3.20. The minimum absolute atomic E-state index is 0.00241. The summed E-state index contributed by atoms with van der Waals surface area (Å²) in [5.74, 6) is -0.579. The van der Waals surface area contributed by atoms with E-state index in [2.05, 4.69) is 5.32 Å². The Kier molecular flexibility index (Phi) is 4.94. The van der Waals surface area contributed by atoms with Gasteiger partial charge in [0.15, 0.2) is 5.79 Å². The Morgan fingerprint density at radius 2 is 1.95 bits per heavy atom. The number of ether oxygens (including phenoxy) is 2. The van der Waals surface area contributed by atoms with E-state index < -0.39 is 18.4 Å². The first-order chi connectivity index (χ1) is 9.35.